The molecular weight excluding hydrogens is 354 g/mol. The quantitative estimate of drug-likeness (QED) is 0.773. The minimum absolute atomic E-state index is 0.340. The summed E-state index contributed by atoms with van der Waals surface area (Å²) in [6.07, 6.45) is 10.4. The van der Waals surface area contributed by atoms with Crippen LogP contribution in [0, 0.1) is 5.92 Å². The van der Waals surface area contributed by atoms with Crippen LogP contribution in [0.25, 0.3) is 0 Å². The Bertz CT molecular complexity index is 635. The lowest BCUT2D eigenvalue weighted by atomic mass is 9.86. The number of carbonyl (C=O) groups is 1. The lowest BCUT2D eigenvalue weighted by molar-refractivity contribution is -0.131. The third-order valence-electron chi connectivity index (χ3n) is 6.45. The largest absolute Gasteiger partial charge is 0.378 e. The van der Waals surface area contributed by atoms with E-state index in [2.05, 4.69) is 31.0 Å². The van der Waals surface area contributed by atoms with Crippen LogP contribution in [0.4, 0.5) is 11.5 Å². The Morgan fingerprint density at radius 3 is 2.50 bits per heavy atom. The van der Waals surface area contributed by atoms with E-state index in [1.807, 2.05) is 6.20 Å². The van der Waals surface area contributed by atoms with Crippen LogP contribution in [0.1, 0.15) is 44.9 Å². The van der Waals surface area contributed by atoms with E-state index in [0.717, 1.165) is 82.7 Å². The number of amides is 1. The van der Waals surface area contributed by atoms with Gasteiger partial charge in [-0.25, -0.2) is 0 Å². The van der Waals surface area contributed by atoms with Crippen molar-refractivity contribution in [3.05, 3.63) is 12.3 Å². The van der Waals surface area contributed by atoms with E-state index in [9.17, 15) is 4.79 Å². The van der Waals surface area contributed by atoms with Crippen molar-refractivity contribution in [3.63, 3.8) is 0 Å². The molecule has 1 aromatic rings. The van der Waals surface area contributed by atoms with Crippen LogP contribution in [-0.2, 0) is 9.53 Å². The van der Waals surface area contributed by atoms with E-state index in [-0.39, 0.29) is 0 Å². The molecular formula is C21H33N5O2. The third-order valence-corrected chi connectivity index (χ3v) is 6.45. The fourth-order valence-corrected chi connectivity index (χ4v) is 4.64. The lowest BCUT2D eigenvalue weighted by Gasteiger charge is -2.36. The zero-order valence-electron chi connectivity index (χ0n) is 16.9. The molecule has 1 aromatic heterocycles. The molecule has 7 heteroatoms. The second-order valence-corrected chi connectivity index (χ2v) is 8.28. The average Bonchev–Trinajstić information content (AvgIpc) is 2.79. The van der Waals surface area contributed by atoms with Gasteiger partial charge in [0.25, 0.3) is 0 Å². The van der Waals surface area contributed by atoms with Gasteiger partial charge in [-0.2, -0.15) is 5.10 Å². The van der Waals surface area contributed by atoms with Gasteiger partial charge in [-0.3, -0.25) is 4.79 Å². The van der Waals surface area contributed by atoms with E-state index in [0.29, 0.717) is 5.91 Å². The summed E-state index contributed by atoms with van der Waals surface area (Å²) in [4.78, 5) is 19.2. The van der Waals surface area contributed by atoms with Crippen LogP contribution in [0.3, 0.4) is 0 Å². The van der Waals surface area contributed by atoms with Crippen molar-refractivity contribution in [1.82, 2.24) is 15.1 Å². The molecule has 0 aromatic carbocycles. The van der Waals surface area contributed by atoms with E-state index in [1.165, 1.54) is 32.1 Å². The molecule has 3 fully saturated rings. The molecule has 3 heterocycles. The maximum absolute atomic E-state index is 12.6. The Morgan fingerprint density at radius 1 is 1.00 bits per heavy atom. The molecule has 2 aliphatic heterocycles. The van der Waals surface area contributed by atoms with Gasteiger partial charge in [0.2, 0.25) is 5.91 Å². The van der Waals surface area contributed by atoms with Crippen LogP contribution in [0.5, 0.6) is 0 Å². The fraction of sp³-hybridized carbons (Fsp3) is 0.762. The molecule has 2 saturated heterocycles. The first-order chi connectivity index (χ1) is 13.8. The average molecular weight is 388 g/mol. The Hall–Kier alpha value is -1.89. The van der Waals surface area contributed by atoms with Gasteiger partial charge in [0, 0.05) is 51.8 Å². The van der Waals surface area contributed by atoms with Crippen LogP contribution in [0.15, 0.2) is 12.3 Å². The van der Waals surface area contributed by atoms with Gasteiger partial charge >= 0.3 is 0 Å². The molecule has 3 aliphatic rings. The first-order valence-electron chi connectivity index (χ1n) is 11.0. The van der Waals surface area contributed by atoms with Gasteiger partial charge in [-0.1, -0.05) is 32.1 Å². The smallest absolute Gasteiger partial charge is 0.222 e. The zero-order chi connectivity index (χ0) is 19.2. The zero-order valence-corrected chi connectivity index (χ0v) is 16.9. The number of anilines is 2. The summed E-state index contributed by atoms with van der Waals surface area (Å²) in [6.45, 7) is 6.55. The predicted molar refractivity (Wildman–Crippen MR) is 110 cm³/mol. The summed E-state index contributed by atoms with van der Waals surface area (Å²) < 4.78 is 5.42. The Balaban J connectivity index is 1.26. The fourth-order valence-electron chi connectivity index (χ4n) is 4.64. The highest BCUT2D eigenvalue weighted by Gasteiger charge is 2.23. The highest BCUT2D eigenvalue weighted by atomic mass is 16.5. The standard InChI is InChI=1S/C21H33N5O2/c27-21(7-6-18-4-2-1-3-5-18)26-10-8-24(9-11-26)19-16-20(23-22-17-19)25-12-14-28-15-13-25/h16-18H,1-15H2. The molecule has 1 aliphatic carbocycles. The van der Waals surface area contributed by atoms with Crippen LogP contribution in [0.2, 0.25) is 0 Å². The molecule has 1 amide bonds. The normalized spacial score (nSPS) is 21.8. The maximum Gasteiger partial charge on any atom is 0.222 e. The van der Waals surface area contributed by atoms with Crippen molar-refractivity contribution in [2.45, 2.75) is 44.9 Å². The van der Waals surface area contributed by atoms with Gasteiger partial charge in [0.1, 0.15) is 0 Å². The number of hydrogen-bond acceptors (Lipinski definition) is 6. The molecule has 0 N–H and O–H groups in total. The summed E-state index contributed by atoms with van der Waals surface area (Å²) in [5.41, 5.74) is 1.10. The summed E-state index contributed by atoms with van der Waals surface area (Å²) >= 11 is 0. The van der Waals surface area contributed by atoms with E-state index < -0.39 is 0 Å². The van der Waals surface area contributed by atoms with Crippen LogP contribution >= 0.6 is 0 Å². The number of ether oxygens (including phenoxy) is 1. The van der Waals surface area contributed by atoms with Gasteiger partial charge in [-0.15, -0.1) is 5.10 Å². The second-order valence-electron chi connectivity index (χ2n) is 8.28. The number of morpholine rings is 1. The summed E-state index contributed by atoms with van der Waals surface area (Å²) in [7, 11) is 0. The Kier molecular flexibility index (Phi) is 6.62. The summed E-state index contributed by atoms with van der Waals surface area (Å²) in [6, 6.07) is 2.12. The second kappa shape index (κ2) is 9.54. The minimum Gasteiger partial charge on any atom is -0.378 e. The van der Waals surface area contributed by atoms with Crippen molar-refractivity contribution >= 4 is 17.4 Å². The lowest BCUT2D eigenvalue weighted by Crippen LogP contribution is -2.49. The van der Waals surface area contributed by atoms with Gasteiger partial charge in [0.05, 0.1) is 25.1 Å². The van der Waals surface area contributed by atoms with Crippen molar-refractivity contribution in [1.29, 1.82) is 0 Å². The summed E-state index contributed by atoms with van der Waals surface area (Å²) in [5, 5.41) is 8.51. The Morgan fingerprint density at radius 2 is 1.75 bits per heavy atom. The summed E-state index contributed by atoms with van der Waals surface area (Å²) in [5.74, 6) is 2.04. The molecule has 7 nitrogen and oxygen atoms in total. The first-order valence-corrected chi connectivity index (χ1v) is 11.0. The number of carbonyl (C=O) groups excluding carboxylic acids is 1. The molecule has 0 spiro atoms. The van der Waals surface area contributed by atoms with Crippen molar-refractivity contribution in [3.8, 4) is 0 Å². The number of rotatable bonds is 5. The molecule has 0 unspecified atom stereocenters. The molecule has 4 rings (SSSR count). The van der Waals surface area contributed by atoms with Crippen molar-refractivity contribution in [2.75, 3.05) is 62.3 Å². The maximum atomic E-state index is 12.6. The molecule has 1 saturated carbocycles. The van der Waals surface area contributed by atoms with E-state index in [1.54, 1.807) is 0 Å². The van der Waals surface area contributed by atoms with Gasteiger partial charge in [0.15, 0.2) is 5.82 Å². The Labute approximate surface area is 168 Å². The highest BCUT2D eigenvalue weighted by Crippen LogP contribution is 2.28. The number of nitrogens with zero attached hydrogens (tertiary/aromatic N) is 5. The molecule has 0 bridgehead atoms. The topological polar surface area (TPSA) is 61.8 Å². The van der Waals surface area contributed by atoms with Crippen molar-refractivity contribution < 1.29 is 9.53 Å². The van der Waals surface area contributed by atoms with Gasteiger partial charge < -0.3 is 19.4 Å². The first kappa shape index (κ1) is 19.4. The van der Waals surface area contributed by atoms with Gasteiger partial charge in [-0.05, 0) is 12.3 Å². The molecule has 0 radical (unpaired) electrons. The highest BCUT2D eigenvalue weighted by molar-refractivity contribution is 5.76. The third kappa shape index (κ3) is 4.93. The van der Waals surface area contributed by atoms with E-state index >= 15 is 0 Å². The monoisotopic (exact) mass is 387 g/mol. The molecule has 0 atom stereocenters. The number of piperazine rings is 1. The number of aromatic nitrogens is 2. The van der Waals surface area contributed by atoms with E-state index in [4.69, 9.17) is 4.74 Å². The van der Waals surface area contributed by atoms with Crippen LogP contribution < -0.4 is 9.80 Å². The minimum atomic E-state index is 0.340. The SMILES string of the molecule is O=C(CCC1CCCCC1)N1CCN(c2cnnc(N3CCOCC3)c2)CC1. The predicted octanol–water partition coefficient (Wildman–Crippen LogP) is 2.32. The molecule has 154 valence electrons. The van der Waals surface area contributed by atoms with Crippen molar-refractivity contribution in [2.24, 2.45) is 5.92 Å². The number of hydrogen-bond donors (Lipinski definition) is 0. The molecule has 28 heavy (non-hydrogen) atoms. The van der Waals surface area contributed by atoms with Crippen LogP contribution in [-0.4, -0.2) is 73.5 Å².